The van der Waals surface area contributed by atoms with Gasteiger partial charge in [0.05, 0.1) is 18.1 Å². The molecule has 76 valence electrons. The van der Waals surface area contributed by atoms with E-state index in [0.29, 0.717) is 11.4 Å². The molecule has 0 unspecified atom stereocenters. The zero-order valence-electron chi connectivity index (χ0n) is 7.79. The number of nitrogens with two attached hydrogens (primary N) is 1. The van der Waals surface area contributed by atoms with Crippen LogP contribution in [-0.2, 0) is 0 Å². The van der Waals surface area contributed by atoms with Crippen LogP contribution < -0.4 is 10.5 Å². The Bertz CT molecular complexity index is 456. The van der Waals surface area contributed by atoms with Gasteiger partial charge in [0.25, 0.3) is 0 Å². The van der Waals surface area contributed by atoms with Crippen LogP contribution in [0, 0.1) is 0 Å². The number of nitrogen functional groups attached to an aromatic ring is 1. The maximum Gasteiger partial charge on any atom is 0.322 e. The lowest BCUT2D eigenvalue weighted by Gasteiger charge is -2.04. The summed E-state index contributed by atoms with van der Waals surface area (Å²) >= 11 is 0. The number of aromatic hydroxyl groups is 1. The van der Waals surface area contributed by atoms with Gasteiger partial charge in [0.15, 0.2) is 11.5 Å². The molecule has 3 N–H and O–H groups in total. The van der Waals surface area contributed by atoms with Crippen LogP contribution in [0.15, 0.2) is 36.7 Å². The summed E-state index contributed by atoms with van der Waals surface area (Å²) in [6.07, 6.45) is 2.87. The van der Waals surface area contributed by atoms with E-state index < -0.39 is 0 Å². The van der Waals surface area contributed by atoms with Crippen LogP contribution in [0.3, 0.4) is 0 Å². The smallest absolute Gasteiger partial charge is 0.322 e. The van der Waals surface area contributed by atoms with Crippen molar-refractivity contribution in [3.8, 4) is 17.5 Å². The third-order valence-corrected chi connectivity index (χ3v) is 1.71. The molecular formula is C10H9N3O2. The fourth-order valence-electron chi connectivity index (χ4n) is 1.02. The summed E-state index contributed by atoms with van der Waals surface area (Å²) in [5.41, 5.74) is 5.88. The fraction of sp³-hybridized carbons (Fsp3) is 0. The summed E-state index contributed by atoms with van der Waals surface area (Å²) in [6, 6.07) is 6.73. The predicted octanol–water partition coefficient (Wildman–Crippen LogP) is 1.56. The Morgan fingerprint density at radius 3 is 2.47 bits per heavy atom. The average molecular weight is 203 g/mol. The van der Waals surface area contributed by atoms with Crippen molar-refractivity contribution in [1.29, 1.82) is 0 Å². The molecule has 15 heavy (non-hydrogen) atoms. The number of hydrogen-bond acceptors (Lipinski definition) is 5. The van der Waals surface area contributed by atoms with Crippen molar-refractivity contribution in [2.75, 3.05) is 5.73 Å². The molecule has 1 aromatic carbocycles. The normalized spacial score (nSPS) is 9.87. The number of anilines is 1. The number of phenols is 1. The molecule has 0 aliphatic carbocycles. The van der Waals surface area contributed by atoms with Crippen LogP contribution in [0.5, 0.6) is 17.5 Å². The molecule has 1 heterocycles. The minimum atomic E-state index is 0.0397. The van der Waals surface area contributed by atoms with Crippen molar-refractivity contribution in [3.05, 3.63) is 36.7 Å². The molecule has 2 aromatic rings. The predicted molar refractivity (Wildman–Crippen MR) is 54.6 cm³/mol. The van der Waals surface area contributed by atoms with E-state index in [-0.39, 0.29) is 11.8 Å². The second-order valence-electron chi connectivity index (χ2n) is 2.87. The van der Waals surface area contributed by atoms with E-state index in [1.165, 1.54) is 18.5 Å². The van der Waals surface area contributed by atoms with Gasteiger partial charge in [-0.05, 0) is 12.1 Å². The van der Waals surface area contributed by atoms with Gasteiger partial charge in [0.2, 0.25) is 0 Å². The summed E-state index contributed by atoms with van der Waals surface area (Å²) in [5.74, 6) is 0.347. The number of para-hydroxylation sites is 2. The van der Waals surface area contributed by atoms with Crippen molar-refractivity contribution >= 4 is 5.69 Å². The quantitative estimate of drug-likeness (QED) is 0.773. The van der Waals surface area contributed by atoms with Gasteiger partial charge >= 0.3 is 6.01 Å². The zero-order chi connectivity index (χ0) is 10.7. The molecular weight excluding hydrogens is 194 g/mol. The third-order valence-electron chi connectivity index (χ3n) is 1.71. The molecule has 0 amide bonds. The van der Waals surface area contributed by atoms with Gasteiger partial charge in [-0.15, -0.1) is 0 Å². The van der Waals surface area contributed by atoms with Crippen LogP contribution in [0.2, 0.25) is 0 Å². The number of rotatable bonds is 2. The highest BCUT2D eigenvalue weighted by Gasteiger charge is 2.03. The number of nitrogens with zero attached hydrogens (tertiary/aromatic N) is 2. The summed E-state index contributed by atoms with van der Waals surface area (Å²) in [5, 5.41) is 9.42. The monoisotopic (exact) mass is 203 g/mol. The molecule has 0 fully saturated rings. The minimum Gasteiger partial charge on any atom is -0.504 e. The second kappa shape index (κ2) is 3.83. The molecule has 0 bridgehead atoms. The van der Waals surface area contributed by atoms with E-state index >= 15 is 0 Å². The summed E-state index contributed by atoms with van der Waals surface area (Å²) in [7, 11) is 0. The largest absolute Gasteiger partial charge is 0.504 e. The maximum atomic E-state index is 9.42. The first-order valence-corrected chi connectivity index (χ1v) is 4.29. The Kier molecular flexibility index (Phi) is 2.37. The number of phenolic OH excluding ortho intramolecular Hbond substituents is 1. The van der Waals surface area contributed by atoms with Crippen LogP contribution in [0.1, 0.15) is 0 Å². The molecule has 0 aliphatic rings. The molecule has 5 nitrogen and oxygen atoms in total. The molecule has 0 radical (unpaired) electrons. The lowest BCUT2D eigenvalue weighted by molar-refractivity contribution is 0.392. The summed E-state index contributed by atoms with van der Waals surface area (Å²) in [6.45, 7) is 0. The molecule has 0 atom stereocenters. The van der Waals surface area contributed by atoms with Crippen molar-refractivity contribution in [2.24, 2.45) is 0 Å². The Morgan fingerprint density at radius 1 is 1.13 bits per heavy atom. The second-order valence-corrected chi connectivity index (χ2v) is 2.87. The standard InChI is InChI=1S/C10H9N3O2/c11-7-5-12-10(13-6-7)15-9-4-2-1-3-8(9)14/h1-6,14H,11H2. The molecule has 0 spiro atoms. The van der Waals surface area contributed by atoms with E-state index in [4.69, 9.17) is 10.5 Å². The van der Waals surface area contributed by atoms with Crippen LogP contribution in [0.25, 0.3) is 0 Å². The van der Waals surface area contributed by atoms with Gasteiger partial charge in [0, 0.05) is 0 Å². The van der Waals surface area contributed by atoms with Gasteiger partial charge in [-0.1, -0.05) is 12.1 Å². The highest BCUT2D eigenvalue weighted by Crippen LogP contribution is 2.27. The van der Waals surface area contributed by atoms with E-state index in [0.717, 1.165) is 0 Å². The lowest BCUT2D eigenvalue weighted by atomic mass is 10.3. The van der Waals surface area contributed by atoms with Crippen LogP contribution in [-0.4, -0.2) is 15.1 Å². The Hall–Kier alpha value is -2.30. The molecule has 1 aromatic heterocycles. The zero-order valence-corrected chi connectivity index (χ0v) is 7.79. The molecule has 0 saturated carbocycles. The molecule has 0 aliphatic heterocycles. The van der Waals surface area contributed by atoms with Gasteiger partial charge in [-0.25, -0.2) is 9.97 Å². The SMILES string of the molecule is Nc1cnc(Oc2ccccc2O)nc1. The Morgan fingerprint density at radius 2 is 1.80 bits per heavy atom. The Labute approximate surface area is 86.2 Å². The van der Waals surface area contributed by atoms with E-state index in [1.54, 1.807) is 18.2 Å². The van der Waals surface area contributed by atoms with Crippen LogP contribution >= 0.6 is 0 Å². The number of hydrogen-bond donors (Lipinski definition) is 2. The number of ether oxygens (including phenoxy) is 1. The molecule has 2 rings (SSSR count). The van der Waals surface area contributed by atoms with E-state index in [9.17, 15) is 5.11 Å². The number of aromatic nitrogens is 2. The van der Waals surface area contributed by atoms with Crippen molar-refractivity contribution in [3.63, 3.8) is 0 Å². The Balaban J connectivity index is 2.22. The topological polar surface area (TPSA) is 81.3 Å². The first-order valence-electron chi connectivity index (χ1n) is 4.29. The molecule has 5 heteroatoms. The van der Waals surface area contributed by atoms with Crippen molar-refractivity contribution in [1.82, 2.24) is 9.97 Å². The van der Waals surface area contributed by atoms with Gasteiger partial charge in [0.1, 0.15) is 0 Å². The molecule has 0 saturated heterocycles. The highest BCUT2D eigenvalue weighted by atomic mass is 16.5. The van der Waals surface area contributed by atoms with Crippen molar-refractivity contribution < 1.29 is 9.84 Å². The number of benzene rings is 1. The minimum absolute atomic E-state index is 0.0397. The van der Waals surface area contributed by atoms with Gasteiger partial charge in [-0.3, -0.25) is 0 Å². The van der Waals surface area contributed by atoms with E-state index in [2.05, 4.69) is 9.97 Å². The van der Waals surface area contributed by atoms with Crippen molar-refractivity contribution in [2.45, 2.75) is 0 Å². The first-order chi connectivity index (χ1) is 7.25. The van der Waals surface area contributed by atoms with Gasteiger partial charge in [-0.2, -0.15) is 0 Å². The van der Waals surface area contributed by atoms with Gasteiger partial charge < -0.3 is 15.6 Å². The first kappa shape index (κ1) is 9.26. The van der Waals surface area contributed by atoms with Crippen LogP contribution in [0.4, 0.5) is 5.69 Å². The van der Waals surface area contributed by atoms with E-state index in [1.807, 2.05) is 0 Å². The lowest BCUT2D eigenvalue weighted by Crippen LogP contribution is -1.93. The maximum absolute atomic E-state index is 9.42. The summed E-state index contributed by atoms with van der Waals surface area (Å²) < 4.78 is 5.24. The fourth-order valence-corrected chi connectivity index (χ4v) is 1.02. The highest BCUT2D eigenvalue weighted by molar-refractivity contribution is 5.40. The summed E-state index contributed by atoms with van der Waals surface area (Å²) in [4.78, 5) is 7.69. The third kappa shape index (κ3) is 2.14. The average Bonchev–Trinajstić information content (AvgIpc) is 2.25.